The van der Waals surface area contributed by atoms with E-state index in [1.807, 2.05) is 28.8 Å². The number of halogens is 2. The van der Waals surface area contributed by atoms with Crippen molar-refractivity contribution in [1.29, 1.82) is 0 Å². The zero-order chi connectivity index (χ0) is 19.1. The van der Waals surface area contributed by atoms with Gasteiger partial charge < -0.3 is 13.8 Å². The van der Waals surface area contributed by atoms with Crippen LogP contribution in [-0.2, 0) is 17.9 Å². The zero-order valence-electron chi connectivity index (χ0n) is 14.5. The van der Waals surface area contributed by atoms with E-state index >= 15 is 0 Å². The monoisotopic (exact) mass is 440 g/mol. The quantitative estimate of drug-likeness (QED) is 0.458. The van der Waals surface area contributed by atoms with E-state index < -0.39 is 0 Å². The molecule has 8 heteroatoms. The van der Waals surface area contributed by atoms with Crippen molar-refractivity contribution in [2.45, 2.75) is 19.3 Å². The summed E-state index contributed by atoms with van der Waals surface area (Å²) in [5, 5.41) is 4.06. The van der Waals surface area contributed by atoms with Crippen molar-refractivity contribution in [3.8, 4) is 23.0 Å². The Morgan fingerprint density at radius 1 is 1.14 bits per heavy atom. The van der Waals surface area contributed by atoms with Crippen LogP contribution in [0, 0.1) is 5.82 Å². The van der Waals surface area contributed by atoms with Crippen molar-refractivity contribution >= 4 is 15.9 Å². The molecule has 0 fully saturated rings. The van der Waals surface area contributed by atoms with Gasteiger partial charge in [0.25, 0.3) is 5.89 Å². The highest BCUT2D eigenvalue weighted by Crippen LogP contribution is 2.32. The van der Waals surface area contributed by atoms with Gasteiger partial charge in [0.1, 0.15) is 11.9 Å². The molecule has 0 N–H and O–H groups in total. The minimum absolute atomic E-state index is 0.271. The van der Waals surface area contributed by atoms with Crippen LogP contribution in [0.1, 0.15) is 17.4 Å². The van der Waals surface area contributed by atoms with Crippen LogP contribution < -0.4 is 0 Å². The van der Waals surface area contributed by atoms with Gasteiger partial charge in [0, 0.05) is 15.6 Å². The summed E-state index contributed by atoms with van der Waals surface area (Å²) in [5.41, 5.74) is 2.80. The molecule has 28 heavy (non-hydrogen) atoms. The summed E-state index contributed by atoms with van der Waals surface area (Å²) in [5.74, 6) is 0.544. The predicted molar refractivity (Wildman–Crippen MR) is 103 cm³/mol. The van der Waals surface area contributed by atoms with Gasteiger partial charge in [0.2, 0.25) is 5.82 Å². The van der Waals surface area contributed by atoms with E-state index in [1.165, 1.54) is 6.07 Å². The second-order valence-electron chi connectivity index (χ2n) is 6.45. The van der Waals surface area contributed by atoms with Crippen LogP contribution in [0.4, 0.5) is 4.39 Å². The first-order valence-electron chi connectivity index (χ1n) is 8.69. The van der Waals surface area contributed by atoms with Gasteiger partial charge in [0.15, 0.2) is 5.69 Å². The molecule has 0 spiro atoms. The van der Waals surface area contributed by atoms with E-state index in [0.717, 1.165) is 15.7 Å². The summed E-state index contributed by atoms with van der Waals surface area (Å²) >= 11 is 3.44. The van der Waals surface area contributed by atoms with Crippen molar-refractivity contribution in [2.75, 3.05) is 0 Å². The van der Waals surface area contributed by atoms with E-state index in [-0.39, 0.29) is 18.5 Å². The van der Waals surface area contributed by atoms with Gasteiger partial charge in [-0.15, -0.1) is 0 Å². The van der Waals surface area contributed by atoms with Gasteiger partial charge in [-0.2, -0.15) is 4.98 Å². The van der Waals surface area contributed by atoms with Crippen LogP contribution in [0.25, 0.3) is 23.0 Å². The molecular formula is C20H14BrFN4O2. The van der Waals surface area contributed by atoms with E-state index in [0.29, 0.717) is 29.5 Å². The van der Waals surface area contributed by atoms with Gasteiger partial charge >= 0.3 is 0 Å². The van der Waals surface area contributed by atoms with Crippen molar-refractivity contribution in [3.63, 3.8) is 0 Å². The molecule has 1 unspecified atom stereocenters. The van der Waals surface area contributed by atoms with Gasteiger partial charge in [-0.05, 0) is 18.2 Å². The lowest BCUT2D eigenvalue weighted by atomic mass is 10.1. The standard InChI is InChI=1S/C20H14BrFN4O2/c21-13-5-3-4-12(8-13)19-24-20(28-25-19)18-16-10-27-17(9-26(16)11-23-18)14-6-1-2-7-15(14)22/h1-8,11,17H,9-10H2. The Hall–Kier alpha value is -2.84. The summed E-state index contributed by atoms with van der Waals surface area (Å²) < 4.78 is 28.3. The number of rotatable bonds is 3. The maximum atomic E-state index is 14.1. The molecule has 6 nitrogen and oxygen atoms in total. The zero-order valence-corrected chi connectivity index (χ0v) is 16.1. The first kappa shape index (κ1) is 17.3. The predicted octanol–water partition coefficient (Wildman–Crippen LogP) is 4.77. The third kappa shape index (κ3) is 3.04. The Morgan fingerprint density at radius 2 is 2.04 bits per heavy atom. The molecule has 0 aliphatic carbocycles. The maximum absolute atomic E-state index is 14.1. The molecule has 140 valence electrons. The second-order valence-corrected chi connectivity index (χ2v) is 7.36. The first-order valence-corrected chi connectivity index (χ1v) is 9.48. The lowest BCUT2D eigenvalue weighted by Crippen LogP contribution is -2.21. The van der Waals surface area contributed by atoms with Crippen LogP contribution in [0.15, 0.2) is 63.9 Å². The molecule has 4 aromatic rings. The molecule has 0 bridgehead atoms. The van der Waals surface area contributed by atoms with Crippen LogP contribution >= 0.6 is 15.9 Å². The fourth-order valence-electron chi connectivity index (χ4n) is 3.29. The van der Waals surface area contributed by atoms with Gasteiger partial charge in [-0.25, -0.2) is 9.37 Å². The minimum atomic E-state index is -0.365. The molecule has 1 atom stereocenters. The van der Waals surface area contributed by atoms with Crippen molar-refractivity contribution in [3.05, 3.63) is 76.4 Å². The average molecular weight is 441 g/mol. The molecule has 0 amide bonds. The van der Waals surface area contributed by atoms with E-state index in [1.54, 1.807) is 24.5 Å². The number of fused-ring (bicyclic) bond motifs is 1. The highest BCUT2D eigenvalue weighted by atomic mass is 79.9. The fourth-order valence-corrected chi connectivity index (χ4v) is 3.69. The van der Waals surface area contributed by atoms with E-state index in [4.69, 9.17) is 9.26 Å². The molecule has 1 aliphatic heterocycles. The first-order chi connectivity index (χ1) is 13.7. The lowest BCUT2D eigenvalue weighted by Gasteiger charge is -2.25. The highest BCUT2D eigenvalue weighted by molar-refractivity contribution is 9.10. The third-order valence-electron chi connectivity index (χ3n) is 4.69. The molecule has 2 aromatic carbocycles. The summed E-state index contributed by atoms with van der Waals surface area (Å²) in [6, 6.07) is 14.3. The summed E-state index contributed by atoms with van der Waals surface area (Å²) in [6.07, 6.45) is 1.33. The molecular weight excluding hydrogens is 427 g/mol. The Balaban J connectivity index is 1.44. The molecule has 1 aliphatic rings. The van der Waals surface area contributed by atoms with Crippen molar-refractivity contribution in [2.24, 2.45) is 0 Å². The number of ether oxygens (including phenoxy) is 1. The van der Waals surface area contributed by atoms with E-state index in [9.17, 15) is 4.39 Å². The molecule has 5 rings (SSSR count). The lowest BCUT2D eigenvalue weighted by molar-refractivity contribution is 0.00126. The molecule has 0 radical (unpaired) electrons. The Bertz CT molecular complexity index is 1160. The number of aromatic nitrogens is 4. The van der Waals surface area contributed by atoms with Crippen molar-refractivity contribution in [1.82, 2.24) is 19.7 Å². The number of imidazole rings is 1. The van der Waals surface area contributed by atoms with E-state index in [2.05, 4.69) is 31.1 Å². The summed E-state index contributed by atoms with van der Waals surface area (Å²) in [4.78, 5) is 8.90. The molecule has 0 saturated heterocycles. The molecule has 0 saturated carbocycles. The van der Waals surface area contributed by atoms with Crippen LogP contribution in [0.5, 0.6) is 0 Å². The smallest absolute Gasteiger partial charge is 0.278 e. The maximum Gasteiger partial charge on any atom is 0.278 e. The Morgan fingerprint density at radius 3 is 2.89 bits per heavy atom. The average Bonchev–Trinajstić information content (AvgIpc) is 3.35. The van der Waals surface area contributed by atoms with Gasteiger partial charge in [0.05, 0.1) is 25.2 Å². The fraction of sp³-hybridized carbons (Fsp3) is 0.150. The highest BCUT2D eigenvalue weighted by Gasteiger charge is 2.27. The van der Waals surface area contributed by atoms with Gasteiger partial charge in [-0.1, -0.05) is 51.4 Å². The normalized spacial score (nSPS) is 16.1. The van der Waals surface area contributed by atoms with Crippen molar-refractivity contribution < 1.29 is 13.7 Å². The van der Waals surface area contributed by atoms with Crippen LogP contribution in [-0.4, -0.2) is 19.7 Å². The van der Waals surface area contributed by atoms with Crippen LogP contribution in [0.3, 0.4) is 0 Å². The number of nitrogens with zero attached hydrogens (tertiary/aromatic N) is 4. The number of hydrogen-bond acceptors (Lipinski definition) is 5. The number of benzene rings is 2. The minimum Gasteiger partial charge on any atom is -0.365 e. The molecule has 3 heterocycles. The second kappa shape index (κ2) is 6.96. The van der Waals surface area contributed by atoms with Gasteiger partial charge in [-0.3, -0.25) is 0 Å². The third-order valence-corrected chi connectivity index (χ3v) is 5.19. The summed E-state index contributed by atoms with van der Waals surface area (Å²) in [6.45, 7) is 0.749. The SMILES string of the molecule is Fc1ccccc1C1Cn2cnc(-c3nc(-c4cccc(Br)c4)no3)c2CO1. The topological polar surface area (TPSA) is 66.0 Å². The Kier molecular flexibility index (Phi) is 4.29. The largest absolute Gasteiger partial charge is 0.365 e. The van der Waals surface area contributed by atoms with Crippen LogP contribution in [0.2, 0.25) is 0 Å². The summed E-state index contributed by atoms with van der Waals surface area (Å²) in [7, 11) is 0. The molecule has 2 aromatic heterocycles. The Labute approximate surface area is 168 Å². The number of hydrogen-bond donors (Lipinski definition) is 0.